The number of benzene rings is 1. The minimum Gasteiger partial charge on any atom is -0.282 e. The van der Waals surface area contributed by atoms with Gasteiger partial charge in [0.1, 0.15) is 0 Å². The fraction of sp³-hybridized carbons (Fsp3) is 0. The molecule has 1 N–H and O–H groups in total. The minimum absolute atomic E-state index is 0.0120. The van der Waals surface area contributed by atoms with E-state index in [0.717, 1.165) is 5.56 Å². The Balaban J connectivity index is 2.69. The highest BCUT2D eigenvalue weighted by molar-refractivity contribution is 6.66. The fourth-order valence-electron chi connectivity index (χ4n) is 1.12. The maximum Gasteiger partial charge on any atom is 0.224 e. The summed E-state index contributed by atoms with van der Waals surface area (Å²) in [7, 11) is 0. The summed E-state index contributed by atoms with van der Waals surface area (Å²) in [6.07, 6.45) is 6.48. The number of hydrogen-bond donors (Lipinski definition) is 1. The molecule has 0 aliphatic carbocycles. The predicted octanol–water partition coefficient (Wildman–Crippen LogP) is 3.98. The van der Waals surface area contributed by atoms with E-state index in [1.165, 1.54) is 0 Å². The molecule has 0 saturated heterocycles. The van der Waals surface area contributed by atoms with E-state index >= 15 is 0 Å². The normalized spacial score (nSPS) is 11.9. The highest BCUT2D eigenvalue weighted by Gasteiger charge is 1.98. The molecule has 0 unspecified atom stereocenters. The largest absolute Gasteiger partial charge is 0.282 e. The van der Waals surface area contributed by atoms with Crippen LogP contribution >= 0.6 is 11.6 Å². The molecule has 0 bridgehead atoms. The zero-order valence-electron chi connectivity index (χ0n) is 10.4. The van der Waals surface area contributed by atoms with Crippen molar-refractivity contribution in [1.29, 1.82) is 5.41 Å². The predicted molar refractivity (Wildman–Crippen MR) is 83.5 cm³/mol. The molecule has 4 heteroatoms. The monoisotopic (exact) mass is 271 g/mol. The Morgan fingerprint density at radius 1 is 1.26 bits per heavy atom. The molecule has 96 valence electrons. The van der Waals surface area contributed by atoms with Crippen LogP contribution in [0.1, 0.15) is 5.56 Å². The van der Waals surface area contributed by atoms with Gasteiger partial charge in [-0.05, 0) is 17.2 Å². The van der Waals surface area contributed by atoms with E-state index in [4.69, 9.17) is 17.0 Å². The highest BCUT2D eigenvalue weighted by atomic mass is 35.5. The molecule has 0 aliphatic heterocycles. The van der Waals surface area contributed by atoms with Gasteiger partial charge in [-0.25, -0.2) is 4.99 Å². The van der Waals surface area contributed by atoms with Crippen LogP contribution in [0, 0.1) is 5.41 Å². The van der Waals surface area contributed by atoms with Crippen molar-refractivity contribution in [2.75, 3.05) is 0 Å². The van der Waals surface area contributed by atoms with Crippen molar-refractivity contribution in [2.24, 2.45) is 9.98 Å². The number of allylic oxidation sites excluding steroid dienone is 2. The van der Waals surface area contributed by atoms with Gasteiger partial charge in [0.25, 0.3) is 0 Å². The first kappa shape index (κ1) is 14.8. The van der Waals surface area contributed by atoms with Gasteiger partial charge in [0.15, 0.2) is 5.84 Å². The van der Waals surface area contributed by atoms with Crippen LogP contribution < -0.4 is 0 Å². The maximum atomic E-state index is 7.66. The Morgan fingerprint density at radius 2 is 1.95 bits per heavy atom. The number of nitrogens with one attached hydrogen (secondary N) is 1. The van der Waals surface area contributed by atoms with Crippen LogP contribution in [0.15, 0.2) is 77.3 Å². The van der Waals surface area contributed by atoms with Crippen molar-refractivity contribution in [3.63, 3.8) is 0 Å². The van der Waals surface area contributed by atoms with Crippen LogP contribution in [-0.2, 0) is 0 Å². The minimum atomic E-state index is -0.0340. The second-order valence-electron chi connectivity index (χ2n) is 3.52. The number of amidine groups is 2. The average molecular weight is 272 g/mol. The van der Waals surface area contributed by atoms with E-state index in [2.05, 4.69) is 23.1 Å². The topological polar surface area (TPSA) is 48.6 Å². The molecule has 0 aliphatic rings. The number of nitrogens with zero attached hydrogens (tertiary/aromatic N) is 2. The van der Waals surface area contributed by atoms with Gasteiger partial charge in [0.05, 0.1) is 0 Å². The molecule has 0 fully saturated rings. The first-order chi connectivity index (χ1) is 9.13. The Morgan fingerprint density at radius 3 is 2.58 bits per heavy atom. The maximum absolute atomic E-state index is 7.66. The van der Waals surface area contributed by atoms with Gasteiger partial charge in [-0.2, -0.15) is 4.99 Å². The summed E-state index contributed by atoms with van der Waals surface area (Å²) in [5, 5.41) is 7.64. The van der Waals surface area contributed by atoms with Crippen LogP contribution in [-0.4, -0.2) is 17.3 Å². The molecule has 1 aromatic rings. The van der Waals surface area contributed by atoms with Crippen LogP contribution in [0.5, 0.6) is 0 Å². The van der Waals surface area contributed by atoms with Gasteiger partial charge >= 0.3 is 0 Å². The van der Waals surface area contributed by atoms with Crippen molar-refractivity contribution in [3.8, 4) is 0 Å². The van der Waals surface area contributed by atoms with Crippen molar-refractivity contribution in [1.82, 2.24) is 0 Å². The van der Waals surface area contributed by atoms with Gasteiger partial charge < -0.3 is 0 Å². The molecule has 0 radical (unpaired) electrons. The van der Waals surface area contributed by atoms with Crippen LogP contribution in [0.3, 0.4) is 0 Å². The van der Waals surface area contributed by atoms with Crippen LogP contribution in [0.4, 0.5) is 0 Å². The number of rotatable bonds is 4. The van der Waals surface area contributed by atoms with Gasteiger partial charge in [-0.1, -0.05) is 61.7 Å². The van der Waals surface area contributed by atoms with Crippen molar-refractivity contribution in [3.05, 3.63) is 72.9 Å². The summed E-state index contributed by atoms with van der Waals surface area (Å²) in [6.45, 7) is 7.22. The van der Waals surface area contributed by atoms with E-state index in [-0.39, 0.29) is 11.1 Å². The molecule has 1 rings (SSSR count). The molecule has 0 amide bonds. The van der Waals surface area contributed by atoms with Gasteiger partial charge in [0.2, 0.25) is 5.29 Å². The molecule has 1 aromatic carbocycles. The summed E-state index contributed by atoms with van der Waals surface area (Å²) in [6, 6.07) is 9.50. The standard InChI is InChI=1S/C15H14ClN3/c1-3-4-8-12(2)14(17)19-15(16)18-11-13-9-6-5-7-10-13/h3-11,17H,1-2H2/b8-4-,17-14?,18-11+,19-15-. The molecular weight excluding hydrogens is 258 g/mol. The Labute approximate surface area is 117 Å². The average Bonchev–Trinajstić information content (AvgIpc) is 2.43. The molecule has 0 heterocycles. The van der Waals surface area contributed by atoms with E-state index in [1.54, 1.807) is 24.4 Å². The summed E-state index contributed by atoms with van der Waals surface area (Å²) >= 11 is 5.83. The number of hydrogen-bond acceptors (Lipinski definition) is 1. The first-order valence-electron chi connectivity index (χ1n) is 5.53. The Kier molecular flexibility index (Phi) is 6.19. The molecule has 0 saturated carbocycles. The molecule has 19 heavy (non-hydrogen) atoms. The SMILES string of the molecule is C=C/C=C\C(=C)C(=N)/N=C(Cl)\N=C\c1ccccc1. The van der Waals surface area contributed by atoms with E-state index in [1.807, 2.05) is 30.3 Å². The smallest absolute Gasteiger partial charge is 0.224 e. The fourth-order valence-corrected chi connectivity index (χ4v) is 1.26. The van der Waals surface area contributed by atoms with E-state index < -0.39 is 0 Å². The second-order valence-corrected chi connectivity index (χ2v) is 3.86. The molecule has 0 spiro atoms. The quantitative estimate of drug-likeness (QED) is 0.373. The zero-order chi connectivity index (χ0) is 14.1. The lowest BCUT2D eigenvalue weighted by molar-refractivity contribution is 1.43. The third kappa shape index (κ3) is 5.75. The summed E-state index contributed by atoms with van der Waals surface area (Å²) in [5.41, 5.74) is 1.35. The van der Waals surface area contributed by atoms with Crippen LogP contribution in [0.25, 0.3) is 0 Å². The third-order valence-corrected chi connectivity index (χ3v) is 2.24. The number of halogens is 1. The Bertz CT molecular complexity index is 554. The lowest BCUT2D eigenvalue weighted by Gasteiger charge is -1.96. The van der Waals surface area contributed by atoms with Crippen molar-refractivity contribution >= 4 is 28.9 Å². The van der Waals surface area contributed by atoms with Gasteiger partial charge in [-0.15, -0.1) is 0 Å². The Hall–Kier alpha value is -2.26. The van der Waals surface area contributed by atoms with E-state index in [9.17, 15) is 0 Å². The zero-order valence-corrected chi connectivity index (χ0v) is 11.1. The molecule has 0 atom stereocenters. The summed E-state index contributed by atoms with van der Waals surface area (Å²) in [4.78, 5) is 7.79. The van der Waals surface area contributed by atoms with E-state index in [0.29, 0.717) is 5.57 Å². The molecular formula is C15H14ClN3. The van der Waals surface area contributed by atoms with Gasteiger partial charge in [-0.3, -0.25) is 5.41 Å². The number of aliphatic imine (C=N–C) groups is 2. The summed E-state index contributed by atoms with van der Waals surface area (Å²) < 4.78 is 0. The van der Waals surface area contributed by atoms with Crippen molar-refractivity contribution in [2.45, 2.75) is 0 Å². The first-order valence-corrected chi connectivity index (χ1v) is 5.91. The lowest BCUT2D eigenvalue weighted by Crippen LogP contribution is -1.97. The lowest BCUT2D eigenvalue weighted by atomic mass is 10.2. The van der Waals surface area contributed by atoms with Crippen molar-refractivity contribution < 1.29 is 0 Å². The third-order valence-electron chi connectivity index (χ3n) is 2.06. The van der Waals surface area contributed by atoms with Crippen LogP contribution in [0.2, 0.25) is 0 Å². The summed E-state index contributed by atoms with van der Waals surface area (Å²) in [5.74, 6) is -0.0340. The van der Waals surface area contributed by atoms with Gasteiger partial charge in [0, 0.05) is 11.8 Å². The molecule has 0 aromatic heterocycles. The second kappa shape index (κ2) is 7.95. The highest BCUT2D eigenvalue weighted by Crippen LogP contribution is 2.01. The molecule has 3 nitrogen and oxygen atoms in total.